The van der Waals surface area contributed by atoms with Crippen LogP contribution >= 0.6 is 0 Å². The van der Waals surface area contributed by atoms with Gasteiger partial charge in [-0.25, -0.2) is 0 Å². The Hall–Kier alpha value is -0.800. The maximum Gasteiger partial charge on any atom is 0.117 e. The van der Waals surface area contributed by atoms with Crippen molar-refractivity contribution in [2.24, 2.45) is 5.73 Å². The second kappa shape index (κ2) is 7.47. The summed E-state index contributed by atoms with van der Waals surface area (Å²) in [5.74, 6) is 1.03. The van der Waals surface area contributed by atoms with Gasteiger partial charge in [-0.3, -0.25) is 4.90 Å². The third-order valence-electron chi connectivity index (χ3n) is 2.65. The first kappa shape index (κ1) is 13.3. The van der Waals surface area contributed by atoms with Gasteiger partial charge in [0.25, 0.3) is 0 Å². The molecule has 0 aliphatic heterocycles. The van der Waals surface area contributed by atoms with Gasteiger partial charge in [-0.15, -0.1) is 0 Å². The fourth-order valence-corrected chi connectivity index (χ4v) is 1.97. The molecule has 3 nitrogen and oxygen atoms in total. The molecule has 1 aromatic rings. The number of hydrogen-bond acceptors (Lipinski definition) is 3. The summed E-state index contributed by atoms with van der Waals surface area (Å²) in [6.07, 6.45) is 5.13. The van der Waals surface area contributed by atoms with E-state index in [1.165, 1.54) is 0 Å². The van der Waals surface area contributed by atoms with Crippen molar-refractivity contribution in [1.82, 2.24) is 4.90 Å². The number of nitrogens with two attached hydrogens (primary N) is 1. The molecule has 0 spiro atoms. The number of hydrogen-bond donors (Lipinski definition) is 1. The minimum absolute atomic E-state index is 0.284. The van der Waals surface area contributed by atoms with Crippen LogP contribution in [0.25, 0.3) is 0 Å². The molecule has 1 unspecified atom stereocenters. The number of nitrogens with zero attached hydrogens (tertiary/aromatic N) is 1. The van der Waals surface area contributed by atoms with Gasteiger partial charge in [0.1, 0.15) is 5.76 Å². The van der Waals surface area contributed by atoms with Crippen molar-refractivity contribution >= 4 is 0 Å². The van der Waals surface area contributed by atoms with E-state index in [2.05, 4.69) is 18.7 Å². The maximum absolute atomic E-state index is 6.07. The first-order valence-electron chi connectivity index (χ1n) is 6.26. The summed E-state index contributed by atoms with van der Waals surface area (Å²) < 4.78 is 5.37. The molecular formula is C13H24N2O. The largest absolute Gasteiger partial charge is 0.468 e. The Bertz CT molecular complexity index is 259. The predicted molar refractivity (Wildman–Crippen MR) is 67.2 cm³/mol. The van der Waals surface area contributed by atoms with E-state index in [-0.39, 0.29) is 6.04 Å². The molecule has 1 aromatic heterocycles. The van der Waals surface area contributed by atoms with Crippen LogP contribution in [0.15, 0.2) is 22.8 Å². The van der Waals surface area contributed by atoms with Crippen molar-refractivity contribution in [2.45, 2.75) is 45.7 Å². The quantitative estimate of drug-likeness (QED) is 0.738. The van der Waals surface area contributed by atoms with Gasteiger partial charge in [0.15, 0.2) is 0 Å². The van der Waals surface area contributed by atoms with Gasteiger partial charge >= 0.3 is 0 Å². The van der Waals surface area contributed by atoms with Crippen LogP contribution < -0.4 is 5.73 Å². The van der Waals surface area contributed by atoms with E-state index in [4.69, 9.17) is 10.2 Å². The average molecular weight is 224 g/mol. The fraction of sp³-hybridized carbons (Fsp3) is 0.692. The molecule has 0 saturated carbocycles. The molecule has 0 amide bonds. The Kier molecular flexibility index (Phi) is 6.19. The molecule has 16 heavy (non-hydrogen) atoms. The Morgan fingerprint density at radius 3 is 2.75 bits per heavy atom. The second-order valence-corrected chi connectivity index (χ2v) is 4.36. The SMILES string of the molecule is CCCC(N)CN(CCC)Cc1ccco1. The molecule has 0 fully saturated rings. The van der Waals surface area contributed by atoms with Crippen LogP contribution in [-0.2, 0) is 6.54 Å². The molecule has 0 aliphatic carbocycles. The summed E-state index contributed by atoms with van der Waals surface area (Å²) in [7, 11) is 0. The molecule has 0 radical (unpaired) electrons. The molecule has 0 aliphatic rings. The Morgan fingerprint density at radius 2 is 2.19 bits per heavy atom. The minimum Gasteiger partial charge on any atom is -0.468 e. The van der Waals surface area contributed by atoms with Gasteiger partial charge in [0.05, 0.1) is 12.8 Å². The molecule has 0 saturated heterocycles. The fourth-order valence-electron chi connectivity index (χ4n) is 1.97. The maximum atomic E-state index is 6.07. The summed E-state index contributed by atoms with van der Waals surface area (Å²) in [6, 6.07) is 4.24. The molecule has 2 N–H and O–H groups in total. The predicted octanol–water partition coefficient (Wildman–Crippen LogP) is 2.62. The monoisotopic (exact) mass is 224 g/mol. The molecular weight excluding hydrogens is 200 g/mol. The van der Waals surface area contributed by atoms with Crippen LogP contribution in [0, 0.1) is 0 Å². The van der Waals surface area contributed by atoms with Crippen LogP contribution in [0.1, 0.15) is 38.9 Å². The third kappa shape index (κ3) is 4.81. The zero-order valence-corrected chi connectivity index (χ0v) is 10.5. The van der Waals surface area contributed by atoms with Crippen molar-refractivity contribution in [2.75, 3.05) is 13.1 Å². The van der Waals surface area contributed by atoms with Crippen molar-refractivity contribution in [3.8, 4) is 0 Å². The van der Waals surface area contributed by atoms with Gasteiger partial charge in [-0.2, -0.15) is 0 Å². The lowest BCUT2D eigenvalue weighted by Gasteiger charge is -2.24. The van der Waals surface area contributed by atoms with E-state index in [0.29, 0.717) is 0 Å². The summed E-state index contributed by atoms with van der Waals surface area (Å²) in [5.41, 5.74) is 6.07. The minimum atomic E-state index is 0.284. The van der Waals surface area contributed by atoms with Crippen molar-refractivity contribution < 1.29 is 4.42 Å². The summed E-state index contributed by atoms with van der Waals surface area (Å²) in [4.78, 5) is 2.37. The first-order valence-corrected chi connectivity index (χ1v) is 6.26. The standard InChI is InChI=1S/C13H24N2O/c1-3-6-12(14)10-15(8-4-2)11-13-7-5-9-16-13/h5,7,9,12H,3-4,6,8,10-11,14H2,1-2H3. The summed E-state index contributed by atoms with van der Waals surface area (Å²) >= 11 is 0. The summed E-state index contributed by atoms with van der Waals surface area (Å²) in [6.45, 7) is 7.29. The number of furan rings is 1. The van der Waals surface area contributed by atoms with Crippen molar-refractivity contribution in [1.29, 1.82) is 0 Å². The molecule has 3 heteroatoms. The van der Waals surface area contributed by atoms with E-state index >= 15 is 0 Å². The van der Waals surface area contributed by atoms with E-state index in [1.54, 1.807) is 6.26 Å². The molecule has 1 heterocycles. The van der Waals surface area contributed by atoms with Crippen molar-refractivity contribution in [3.05, 3.63) is 24.2 Å². The topological polar surface area (TPSA) is 42.4 Å². The zero-order valence-electron chi connectivity index (χ0n) is 10.5. The smallest absolute Gasteiger partial charge is 0.117 e. The third-order valence-corrected chi connectivity index (χ3v) is 2.65. The first-order chi connectivity index (χ1) is 7.76. The van der Waals surface area contributed by atoms with Crippen molar-refractivity contribution in [3.63, 3.8) is 0 Å². The molecule has 92 valence electrons. The van der Waals surface area contributed by atoms with Crippen LogP contribution in [0.4, 0.5) is 0 Å². The Labute approximate surface area is 98.6 Å². The summed E-state index contributed by atoms with van der Waals surface area (Å²) in [5, 5.41) is 0. The lowest BCUT2D eigenvalue weighted by Crippen LogP contribution is -2.37. The van der Waals surface area contributed by atoms with Gasteiger partial charge in [0.2, 0.25) is 0 Å². The van der Waals surface area contributed by atoms with E-state index in [9.17, 15) is 0 Å². The lowest BCUT2D eigenvalue weighted by atomic mass is 10.1. The van der Waals surface area contributed by atoms with E-state index < -0.39 is 0 Å². The van der Waals surface area contributed by atoms with Crippen LogP contribution in [0.2, 0.25) is 0 Å². The molecule has 1 atom stereocenters. The van der Waals surface area contributed by atoms with Gasteiger partial charge < -0.3 is 10.2 Å². The highest BCUT2D eigenvalue weighted by Crippen LogP contribution is 2.07. The molecule has 1 rings (SSSR count). The van der Waals surface area contributed by atoms with Crippen LogP contribution in [0.3, 0.4) is 0 Å². The van der Waals surface area contributed by atoms with Crippen LogP contribution in [0.5, 0.6) is 0 Å². The highest BCUT2D eigenvalue weighted by Gasteiger charge is 2.11. The Balaban J connectivity index is 2.40. The van der Waals surface area contributed by atoms with Gasteiger partial charge in [0, 0.05) is 12.6 Å². The zero-order chi connectivity index (χ0) is 11.8. The normalized spacial score (nSPS) is 13.2. The van der Waals surface area contributed by atoms with Crippen LogP contribution in [-0.4, -0.2) is 24.0 Å². The molecule has 0 bridgehead atoms. The van der Waals surface area contributed by atoms with E-state index in [1.807, 2.05) is 12.1 Å². The highest BCUT2D eigenvalue weighted by molar-refractivity contribution is 4.98. The Morgan fingerprint density at radius 1 is 1.38 bits per heavy atom. The lowest BCUT2D eigenvalue weighted by molar-refractivity contribution is 0.226. The molecule has 0 aromatic carbocycles. The average Bonchev–Trinajstić information content (AvgIpc) is 2.71. The highest BCUT2D eigenvalue weighted by atomic mass is 16.3. The number of rotatable bonds is 8. The van der Waals surface area contributed by atoms with E-state index in [0.717, 1.165) is 44.7 Å². The van der Waals surface area contributed by atoms with Gasteiger partial charge in [-0.05, 0) is 31.5 Å². The van der Waals surface area contributed by atoms with Gasteiger partial charge in [-0.1, -0.05) is 20.3 Å². The second-order valence-electron chi connectivity index (χ2n) is 4.36.